The van der Waals surface area contributed by atoms with Crippen LogP contribution in [0.5, 0.6) is 0 Å². The van der Waals surface area contributed by atoms with Crippen molar-refractivity contribution in [2.24, 2.45) is 0 Å². The number of anilines is 1. The number of allylic oxidation sites excluding steroid dienone is 1. The molecule has 0 saturated carbocycles. The van der Waals surface area contributed by atoms with Crippen molar-refractivity contribution in [3.63, 3.8) is 0 Å². The van der Waals surface area contributed by atoms with Gasteiger partial charge in [0.2, 0.25) is 0 Å². The van der Waals surface area contributed by atoms with Crippen molar-refractivity contribution in [3.05, 3.63) is 41.6 Å². The van der Waals surface area contributed by atoms with Crippen molar-refractivity contribution < 1.29 is 0 Å². The van der Waals surface area contributed by atoms with Crippen molar-refractivity contribution in [1.82, 2.24) is 0 Å². The molecule has 1 nitrogen and oxygen atoms in total. The molecule has 0 bridgehead atoms. The smallest absolute Gasteiger partial charge is 0.0443 e. The molecule has 1 aromatic rings. The summed E-state index contributed by atoms with van der Waals surface area (Å²) in [6.45, 7) is 9.73. The van der Waals surface area contributed by atoms with E-state index in [4.69, 9.17) is 0 Å². The molecule has 16 heavy (non-hydrogen) atoms. The molecule has 0 amide bonds. The summed E-state index contributed by atoms with van der Waals surface area (Å²) in [6, 6.07) is 6.90. The Kier molecular flexibility index (Phi) is 3.33. The molecule has 2 rings (SSSR count). The summed E-state index contributed by atoms with van der Waals surface area (Å²) >= 11 is 0. The minimum Gasteiger partial charge on any atom is -0.345 e. The van der Waals surface area contributed by atoms with E-state index < -0.39 is 0 Å². The van der Waals surface area contributed by atoms with Gasteiger partial charge in [0.1, 0.15) is 0 Å². The highest BCUT2D eigenvalue weighted by Gasteiger charge is 2.19. The lowest BCUT2D eigenvalue weighted by Gasteiger charge is -2.33. The molecular formula is C15H21N. The molecule has 0 atom stereocenters. The van der Waals surface area contributed by atoms with Crippen LogP contribution in [0, 0.1) is 0 Å². The van der Waals surface area contributed by atoms with E-state index >= 15 is 0 Å². The van der Waals surface area contributed by atoms with Crippen LogP contribution < -0.4 is 4.90 Å². The van der Waals surface area contributed by atoms with Crippen LogP contribution in [0.2, 0.25) is 0 Å². The molecule has 1 heterocycles. The molecule has 0 aromatic heterocycles. The Morgan fingerprint density at radius 3 is 2.75 bits per heavy atom. The molecule has 0 saturated heterocycles. The Morgan fingerprint density at radius 2 is 2.06 bits per heavy atom. The Balaban J connectivity index is 2.39. The summed E-state index contributed by atoms with van der Waals surface area (Å²) in [5.41, 5.74) is 5.59. The molecule has 0 radical (unpaired) electrons. The first-order valence-electron chi connectivity index (χ1n) is 6.33. The highest BCUT2D eigenvalue weighted by Crippen LogP contribution is 2.33. The number of hydrogen-bond donors (Lipinski definition) is 0. The van der Waals surface area contributed by atoms with Crippen LogP contribution in [0.1, 0.15) is 37.8 Å². The van der Waals surface area contributed by atoms with Crippen molar-refractivity contribution >= 4 is 5.69 Å². The van der Waals surface area contributed by atoms with E-state index in [1.807, 2.05) is 0 Å². The van der Waals surface area contributed by atoms with E-state index in [1.54, 1.807) is 0 Å². The second-order valence-electron chi connectivity index (χ2n) is 4.53. The first kappa shape index (κ1) is 11.3. The minimum atomic E-state index is 1.10. The normalized spacial score (nSPS) is 15.1. The van der Waals surface area contributed by atoms with Gasteiger partial charge in [-0.2, -0.15) is 0 Å². The zero-order chi connectivity index (χ0) is 11.5. The summed E-state index contributed by atoms with van der Waals surface area (Å²) in [5, 5.41) is 0. The monoisotopic (exact) mass is 215 g/mol. The third-order valence-corrected chi connectivity index (χ3v) is 3.36. The molecule has 1 heteroatoms. The number of hydrogen-bond acceptors (Lipinski definition) is 1. The van der Waals surface area contributed by atoms with Crippen LogP contribution in [0.4, 0.5) is 5.69 Å². The zero-order valence-corrected chi connectivity index (χ0v) is 10.4. The Bertz CT molecular complexity index is 392. The molecule has 0 N–H and O–H groups in total. The van der Waals surface area contributed by atoms with Crippen molar-refractivity contribution in [1.29, 1.82) is 0 Å². The molecule has 0 aliphatic carbocycles. The first-order valence-corrected chi connectivity index (χ1v) is 6.33. The summed E-state index contributed by atoms with van der Waals surface area (Å²) in [6.07, 6.45) is 4.55. The average molecular weight is 215 g/mol. The van der Waals surface area contributed by atoms with Crippen molar-refractivity contribution in [2.75, 3.05) is 11.4 Å². The van der Waals surface area contributed by atoms with E-state index in [1.165, 1.54) is 28.9 Å². The van der Waals surface area contributed by atoms with Gasteiger partial charge in [-0.05, 0) is 42.9 Å². The lowest BCUT2D eigenvalue weighted by atomic mass is 9.97. The van der Waals surface area contributed by atoms with E-state index in [-0.39, 0.29) is 0 Å². The number of benzene rings is 1. The Morgan fingerprint density at radius 1 is 1.25 bits per heavy atom. The van der Waals surface area contributed by atoms with Crippen LogP contribution in [-0.2, 0) is 12.8 Å². The quantitative estimate of drug-likeness (QED) is 0.738. The lowest BCUT2D eigenvalue weighted by Crippen LogP contribution is -2.27. The van der Waals surface area contributed by atoms with Gasteiger partial charge in [-0.1, -0.05) is 32.6 Å². The molecule has 0 fully saturated rings. The van der Waals surface area contributed by atoms with Crippen LogP contribution in [-0.4, -0.2) is 6.54 Å². The van der Waals surface area contributed by atoms with Crippen LogP contribution in [0.25, 0.3) is 0 Å². The maximum absolute atomic E-state index is 4.19. The second-order valence-corrected chi connectivity index (χ2v) is 4.53. The molecule has 1 aromatic carbocycles. The van der Waals surface area contributed by atoms with Gasteiger partial charge in [0, 0.05) is 17.9 Å². The molecule has 0 spiro atoms. The van der Waals surface area contributed by atoms with Gasteiger partial charge >= 0.3 is 0 Å². The van der Waals surface area contributed by atoms with Gasteiger partial charge in [0.25, 0.3) is 0 Å². The maximum atomic E-state index is 4.19. The SMILES string of the molecule is C=C1CCc2ccc(CC)cc2N1CCC. The number of rotatable bonds is 3. The highest BCUT2D eigenvalue weighted by atomic mass is 15.1. The topological polar surface area (TPSA) is 3.24 Å². The number of nitrogens with zero attached hydrogens (tertiary/aromatic N) is 1. The maximum Gasteiger partial charge on any atom is 0.0443 e. The third kappa shape index (κ3) is 1.99. The van der Waals surface area contributed by atoms with Gasteiger partial charge in [-0.3, -0.25) is 0 Å². The van der Waals surface area contributed by atoms with E-state index in [0.717, 1.165) is 25.8 Å². The molecule has 86 valence electrons. The van der Waals surface area contributed by atoms with E-state index in [9.17, 15) is 0 Å². The van der Waals surface area contributed by atoms with Crippen molar-refractivity contribution in [3.8, 4) is 0 Å². The van der Waals surface area contributed by atoms with Gasteiger partial charge < -0.3 is 4.90 Å². The predicted octanol–water partition coefficient (Wildman–Crippen LogP) is 3.93. The van der Waals surface area contributed by atoms with Gasteiger partial charge in [0.15, 0.2) is 0 Å². The third-order valence-electron chi connectivity index (χ3n) is 3.36. The summed E-state index contributed by atoms with van der Waals surface area (Å²) in [7, 11) is 0. The highest BCUT2D eigenvalue weighted by molar-refractivity contribution is 5.61. The minimum absolute atomic E-state index is 1.10. The molecule has 1 aliphatic heterocycles. The Hall–Kier alpha value is -1.24. The van der Waals surface area contributed by atoms with Gasteiger partial charge in [-0.25, -0.2) is 0 Å². The van der Waals surface area contributed by atoms with Crippen LogP contribution in [0.15, 0.2) is 30.5 Å². The standard InChI is InChI=1S/C15H21N/c1-4-10-16-12(3)6-8-14-9-7-13(5-2)11-15(14)16/h7,9,11H,3-6,8,10H2,1-2H3. The summed E-state index contributed by atoms with van der Waals surface area (Å²) in [5.74, 6) is 0. The first-order chi connectivity index (χ1) is 7.76. The molecular weight excluding hydrogens is 194 g/mol. The van der Waals surface area contributed by atoms with Gasteiger partial charge in [0.05, 0.1) is 0 Å². The fourth-order valence-corrected chi connectivity index (χ4v) is 2.38. The second kappa shape index (κ2) is 4.73. The average Bonchev–Trinajstić information content (AvgIpc) is 2.32. The lowest BCUT2D eigenvalue weighted by molar-refractivity contribution is 0.761. The van der Waals surface area contributed by atoms with Crippen LogP contribution >= 0.6 is 0 Å². The predicted molar refractivity (Wildman–Crippen MR) is 70.9 cm³/mol. The van der Waals surface area contributed by atoms with Crippen molar-refractivity contribution in [2.45, 2.75) is 39.5 Å². The fourth-order valence-electron chi connectivity index (χ4n) is 2.38. The zero-order valence-electron chi connectivity index (χ0n) is 10.4. The largest absolute Gasteiger partial charge is 0.345 e. The van der Waals surface area contributed by atoms with E-state index in [0.29, 0.717) is 0 Å². The molecule has 0 unspecified atom stereocenters. The number of fused-ring (bicyclic) bond motifs is 1. The van der Waals surface area contributed by atoms with Crippen LogP contribution in [0.3, 0.4) is 0 Å². The van der Waals surface area contributed by atoms with Gasteiger partial charge in [-0.15, -0.1) is 0 Å². The molecule has 1 aliphatic rings. The fraction of sp³-hybridized carbons (Fsp3) is 0.467. The van der Waals surface area contributed by atoms with E-state index in [2.05, 4.69) is 43.5 Å². The summed E-state index contributed by atoms with van der Waals surface area (Å²) < 4.78 is 0. The number of aryl methyl sites for hydroxylation is 2. The Labute approximate surface area is 98.8 Å². The summed E-state index contributed by atoms with van der Waals surface area (Å²) in [4.78, 5) is 2.40.